The van der Waals surface area contributed by atoms with Crippen LogP contribution in [0.4, 0.5) is 0 Å². The summed E-state index contributed by atoms with van der Waals surface area (Å²) >= 11 is 0. The van der Waals surface area contributed by atoms with Crippen LogP contribution in [-0.2, 0) is 57.4 Å². The molecule has 0 amide bonds. The lowest BCUT2D eigenvalue weighted by Gasteiger charge is -2.30. The van der Waals surface area contributed by atoms with Gasteiger partial charge in [-0.25, -0.2) is 19.2 Å². The van der Waals surface area contributed by atoms with Crippen LogP contribution >= 0.6 is 0 Å². The highest BCUT2D eigenvalue weighted by Gasteiger charge is 2.35. The summed E-state index contributed by atoms with van der Waals surface area (Å²) in [4.78, 5) is 85.9. The average Bonchev–Trinajstić information content (AvgIpc) is 3.29. The predicted octanol–water partition coefficient (Wildman–Crippen LogP) is 16.8. The van der Waals surface area contributed by atoms with Gasteiger partial charge in [-0.3, -0.25) is 19.3 Å². The molecule has 0 aromatic rings. The highest BCUT2D eigenvalue weighted by molar-refractivity contribution is 5.72. The van der Waals surface area contributed by atoms with Gasteiger partial charge in [0, 0.05) is 39.5 Å². The smallest absolute Gasteiger partial charge is 0.366 e. The largest absolute Gasteiger partial charge is 0.466 e. The molecular formula is C72H134N2O14+2. The third-order valence-corrected chi connectivity index (χ3v) is 16.4. The van der Waals surface area contributed by atoms with Crippen molar-refractivity contribution in [2.24, 2.45) is 0 Å². The highest BCUT2D eigenvalue weighted by Crippen LogP contribution is 2.21. The third kappa shape index (κ3) is 52.9. The molecule has 0 radical (unpaired) electrons. The molecule has 88 heavy (non-hydrogen) atoms. The van der Waals surface area contributed by atoms with E-state index in [2.05, 4.69) is 39.8 Å². The summed E-state index contributed by atoms with van der Waals surface area (Å²) < 4.78 is 22.4. The molecule has 16 heteroatoms. The van der Waals surface area contributed by atoms with Gasteiger partial charge >= 0.3 is 35.8 Å². The Labute approximate surface area is 536 Å². The van der Waals surface area contributed by atoms with Gasteiger partial charge in [-0.2, -0.15) is 0 Å². The minimum atomic E-state index is -0.809. The number of carbonyl (C=O) groups is 6. The van der Waals surface area contributed by atoms with Gasteiger partial charge in [0.05, 0.1) is 25.4 Å². The Morgan fingerprint density at radius 3 is 1.00 bits per heavy atom. The molecule has 0 aliphatic rings. The molecule has 0 fully saturated rings. The Bertz CT molecular complexity index is 1670. The lowest BCUT2D eigenvalue weighted by molar-refractivity contribution is -1.07. The van der Waals surface area contributed by atoms with Crippen LogP contribution < -0.4 is 0 Å². The fourth-order valence-electron chi connectivity index (χ4n) is 11.1. The third-order valence-electron chi connectivity index (χ3n) is 16.4. The minimum Gasteiger partial charge on any atom is -0.466 e. The number of likely N-dealkylation sites (N-methyl/N-ethyl adjacent to an activating group) is 2. The molecular weight excluding hydrogens is 1120 g/mol. The summed E-state index contributed by atoms with van der Waals surface area (Å²) in [5, 5.41) is 22.1. The maximum Gasteiger partial charge on any atom is 0.366 e. The molecule has 16 nitrogen and oxygen atoms in total. The number of hydrogen-bond donors (Lipinski definition) is 2. The van der Waals surface area contributed by atoms with Crippen LogP contribution in [0.1, 0.15) is 324 Å². The molecule has 0 aromatic carbocycles. The van der Waals surface area contributed by atoms with Gasteiger partial charge in [-0.05, 0) is 103 Å². The zero-order chi connectivity index (χ0) is 65.2. The molecule has 0 heterocycles. The molecule has 0 bridgehead atoms. The van der Waals surface area contributed by atoms with E-state index >= 15 is 0 Å². The Hall–Kier alpha value is -3.86. The van der Waals surface area contributed by atoms with Crippen molar-refractivity contribution in [2.75, 3.05) is 53.5 Å². The molecule has 6 unspecified atom stereocenters. The Morgan fingerprint density at radius 1 is 0.364 bits per heavy atom. The summed E-state index contributed by atoms with van der Waals surface area (Å²) in [6, 6.07) is 0. The number of carbonyl (C=O) groups excluding carboxylic acids is 6. The van der Waals surface area contributed by atoms with E-state index in [-0.39, 0.29) is 34.3 Å². The second-order valence-electron chi connectivity index (χ2n) is 25.5. The van der Waals surface area contributed by atoms with E-state index in [1.54, 1.807) is 14.1 Å². The van der Waals surface area contributed by atoms with Crippen molar-refractivity contribution in [3.63, 3.8) is 0 Å². The zero-order valence-electron chi connectivity index (χ0n) is 57.7. The normalized spacial score (nSPS) is 14.4. The maximum absolute atomic E-state index is 13.2. The molecule has 0 aromatic heterocycles. The van der Waals surface area contributed by atoms with Gasteiger partial charge in [-0.15, -0.1) is 9.29 Å². The van der Waals surface area contributed by atoms with Crippen LogP contribution in [-0.4, -0.2) is 133 Å². The van der Waals surface area contributed by atoms with E-state index in [4.69, 9.17) is 28.6 Å². The van der Waals surface area contributed by atoms with Crippen LogP contribution in [0.25, 0.3) is 0 Å². The van der Waals surface area contributed by atoms with Gasteiger partial charge in [-0.1, -0.05) is 206 Å². The van der Waals surface area contributed by atoms with Gasteiger partial charge < -0.3 is 29.2 Å². The van der Waals surface area contributed by atoms with Crippen LogP contribution in [0.2, 0.25) is 0 Å². The van der Waals surface area contributed by atoms with Crippen LogP contribution in [0.5, 0.6) is 0 Å². The van der Waals surface area contributed by atoms with Crippen molar-refractivity contribution in [3.8, 4) is 0 Å². The number of quaternary nitrogens is 2. The number of ether oxygens (including phenoxy) is 4. The first-order valence-electron chi connectivity index (χ1n) is 35.9. The lowest BCUT2D eigenvalue weighted by atomic mass is 10.0. The number of nitrogens with zero attached hydrogens (tertiary/aromatic N) is 2. The highest BCUT2D eigenvalue weighted by atomic mass is 16.8. The number of hydrogen-bond acceptors (Lipinski definition) is 14. The number of rotatable bonds is 63. The first kappa shape index (κ1) is 84.1. The molecule has 0 aliphatic carbocycles. The fraction of sp³-hybridized carbons (Fsp3) is 0.861. The lowest BCUT2D eigenvalue weighted by Crippen LogP contribution is -2.50. The summed E-state index contributed by atoms with van der Waals surface area (Å²) in [5.41, 5.74) is 0. The average molecular weight is 1250 g/mol. The number of unbranched alkanes of at least 4 members (excludes halogenated alkanes) is 31. The Morgan fingerprint density at radius 2 is 0.659 bits per heavy atom. The van der Waals surface area contributed by atoms with Crippen molar-refractivity contribution in [1.82, 2.24) is 0 Å². The first-order valence-corrected chi connectivity index (χ1v) is 35.9. The molecule has 0 aliphatic heterocycles. The van der Waals surface area contributed by atoms with E-state index in [1.807, 2.05) is 12.2 Å². The van der Waals surface area contributed by atoms with Crippen LogP contribution in [0, 0.1) is 0 Å². The maximum atomic E-state index is 13.2. The topological polar surface area (TPSA) is 198 Å². The summed E-state index contributed by atoms with van der Waals surface area (Å²) in [6.45, 7) is 13.2. The van der Waals surface area contributed by atoms with Crippen LogP contribution in [0.3, 0.4) is 0 Å². The standard InChI is InChI=1S/C72H134N2O14/c1-9-13-17-19-37-47-57-73(7,87-63(5)75)61-71(81)85-67(53-41-15-11-3)65(77)51-43-33-27-21-23-29-35-45-55-69(79)83-59-49-39-31-25-26-32-40-50-60-84-70(80)56-46-36-30-24-22-28-34-44-52-66(78)68(54-42-16-12-4)86-72(82)62-74(8,88-64(6)76)58-48-38-20-18-14-10-2/h33-34,43-44,65-68,77-78H,9-32,35-42,45-62H2,1-8H3/q+2/b43-33-,44-34-. The van der Waals surface area contributed by atoms with Crippen LogP contribution in [0.15, 0.2) is 24.3 Å². The molecule has 6 atom stereocenters. The van der Waals surface area contributed by atoms with Crippen molar-refractivity contribution in [3.05, 3.63) is 24.3 Å². The molecule has 0 saturated heterocycles. The number of hydroxylamine groups is 6. The van der Waals surface area contributed by atoms with Gasteiger partial charge in [0.2, 0.25) is 13.1 Å². The van der Waals surface area contributed by atoms with E-state index in [0.29, 0.717) is 64.8 Å². The summed E-state index contributed by atoms with van der Waals surface area (Å²) in [7, 11) is 3.50. The molecule has 0 saturated carbocycles. The molecule has 0 rings (SSSR count). The minimum absolute atomic E-state index is 0.0873. The summed E-state index contributed by atoms with van der Waals surface area (Å²) in [5.74, 6) is -2.02. The Kier molecular flexibility index (Phi) is 55.7. The number of allylic oxidation sites excluding steroid dienone is 2. The van der Waals surface area contributed by atoms with Gasteiger partial charge in [0.25, 0.3) is 0 Å². The number of esters is 4. The second-order valence-corrected chi connectivity index (χ2v) is 25.5. The monoisotopic (exact) mass is 1250 g/mol. The quantitative estimate of drug-likeness (QED) is 0.0146. The van der Waals surface area contributed by atoms with Crippen molar-refractivity contribution >= 4 is 35.8 Å². The van der Waals surface area contributed by atoms with E-state index in [1.165, 1.54) is 52.4 Å². The van der Waals surface area contributed by atoms with Crippen molar-refractivity contribution in [1.29, 1.82) is 0 Å². The van der Waals surface area contributed by atoms with Crippen molar-refractivity contribution in [2.45, 2.75) is 348 Å². The second kappa shape index (κ2) is 58.2. The number of aliphatic hydroxyl groups excluding tert-OH is 2. The van der Waals surface area contributed by atoms with E-state index < -0.39 is 48.3 Å². The van der Waals surface area contributed by atoms with Gasteiger partial charge in [0.15, 0.2) is 0 Å². The van der Waals surface area contributed by atoms with E-state index in [0.717, 1.165) is 205 Å². The summed E-state index contributed by atoms with van der Waals surface area (Å²) in [6.07, 6.45) is 47.2. The fourth-order valence-corrected chi connectivity index (χ4v) is 11.1. The molecule has 514 valence electrons. The molecule has 0 spiro atoms. The molecule has 2 N–H and O–H groups in total. The van der Waals surface area contributed by atoms with E-state index in [9.17, 15) is 39.0 Å². The Balaban J connectivity index is 4.09. The zero-order valence-corrected chi connectivity index (χ0v) is 57.7. The van der Waals surface area contributed by atoms with Gasteiger partial charge in [0.1, 0.15) is 39.4 Å². The predicted molar refractivity (Wildman–Crippen MR) is 353 cm³/mol. The first-order chi connectivity index (χ1) is 42.4. The van der Waals surface area contributed by atoms with Crippen molar-refractivity contribution < 1.29 is 76.9 Å². The SMILES string of the molecule is CCCCCCCC[N+](C)(CC(=O)OC(CCCCC)C(O)C/C=C\CCCCCCCC(=O)OCCCCCCCCCCOC(=O)CCCCCCC/C=C\CC(O)C(CCCCC)OC(=O)C[N+](C)(CCCCCCCC)OC(C)=O)OC(C)=O. The number of aliphatic hydroxyl groups is 2.